The molecule has 142 valence electrons. The SMILES string of the molecule is COCC(C)NS(=O)(=O)c1ccc(NC(=O)CCCc2cccs2)cc1. The number of hydrogen-bond acceptors (Lipinski definition) is 5. The third-order valence-electron chi connectivity index (χ3n) is 3.63. The molecule has 0 bridgehead atoms. The molecule has 8 heteroatoms. The predicted molar refractivity (Wildman–Crippen MR) is 104 cm³/mol. The lowest BCUT2D eigenvalue weighted by Crippen LogP contribution is -2.35. The summed E-state index contributed by atoms with van der Waals surface area (Å²) in [6.45, 7) is 2.02. The first kappa shape index (κ1) is 20.6. The Bertz CT molecular complexity index is 787. The minimum absolute atomic E-state index is 0.0796. The fourth-order valence-corrected chi connectivity index (χ4v) is 4.42. The van der Waals surface area contributed by atoms with Crippen molar-refractivity contribution in [2.24, 2.45) is 0 Å². The average Bonchev–Trinajstić information content (AvgIpc) is 3.08. The van der Waals surface area contributed by atoms with E-state index in [2.05, 4.69) is 16.1 Å². The molecule has 0 fully saturated rings. The van der Waals surface area contributed by atoms with Gasteiger partial charge in [0.05, 0.1) is 11.5 Å². The highest BCUT2D eigenvalue weighted by molar-refractivity contribution is 7.89. The van der Waals surface area contributed by atoms with Gasteiger partial charge in [0.1, 0.15) is 0 Å². The number of methoxy groups -OCH3 is 1. The number of hydrogen-bond donors (Lipinski definition) is 2. The summed E-state index contributed by atoms with van der Waals surface area (Å²) in [5.74, 6) is -0.0796. The Hall–Kier alpha value is -1.74. The van der Waals surface area contributed by atoms with Gasteiger partial charge in [-0.2, -0.15) is 0 Å². The van der Waals surface area contributed by atoms with Crippen molar-refractivity contribution >= 4 is 33.0 Å². The van der Waals surface area contributed by atoms with Crippen LogP contribution in [-0.4, -0.2) is 34.1 Å². The molecule has 0 radical (unpaired) electrons. The minimum atomic E-state index is -3.61. The average molecular weight is 397 g/mol. The highest BCUT2D eigenvalue weighted by atomic mass is 32.2. The van der Waals surface area contributed by atoms with Crippen LogP contribution in [0.3, 0.4) is 0 Å². The highest BCUT2D eigenvalue weighted by Gasteiger charge is 2.17. The molecule has 0 saturated heterocycles. The van der Waals surface area contributed by atoms with Crippen LogP contribution < -0.4 is 10.0 Å². The van der Waals surface area contributed by atoms with Crippen LogP contribution in [0.1, 0.15) is 24.6 Å². The zero-order valence-electron chi connectivity index (χ0n) is 14.9. The van der Waals surface area contributed by atoms with Crippen LogP contribution in [-0.2, 0) is 26.0 Å². The van der Waals surface area contributed by atoms with Gasteiger partial charge in [0.25, 0.3) is 0 Å². The summed E-state index contributed by atoms with van der Waals surface area (Å²) in [7, 11) is -2.09. The third kappa shape index (κ3) is 6.53. The quantitative estimate of drug-likeness (QED) is 0.646. The first-order valence-electron chi connectivity index (χ1n) is 8.34. The van der Waals surface area contributed by atoms with Gasteiger partial charge in [-0.3, -0.25) is 4.79 Å². The molecule has 1 atom stereocenters. The monoisotopic (exact) mass is 396 g/mol. The molecule has 1 unspecified atom stereocenters. The normalized spacial score (nSPS) is 12.7. The molecule has 1 aromatic carbocycles. The summed E-state index contributed by atoms with van der Waals surface area (Å²) >= 11 is 1.69. The summed E-state index contributed by atoms with van der Waals surface area (Å²) in [6, 6.07) is 9.86. The molecule has 1 amide bonds. The predicted octanol–water partition coefficient (Wildman–Crippen LogP) is 3.02. The zero-order chi connectivity index (χ0) is 19.0. The Kier molecular flexibility index (Phi) is 7.77. The molecule has 0 spiro atoms. The van der Waals surface area contributed by atoms with Crippen LogP contribution in [0.25, 0.3) is 0 Å². The Morgan fingerprint density at radius 2 is 1.96 bits per heavy atom. The van der Waals surface area contributed by atoms with E-state index in [-0.39, 0.29) is 16.8 Å². The molecule has 1 aromatic heterocycles. The Balaban J connectivity index is 1.85. The van der Waals surface area contributed by atoms with E-state index in [0.717, 1.165) is 12.8 Å². The van der Waals surface area contributed by atoms with Crippen molar-refractivity contribution in [3.8, 4) is 0 Å². The topological polar surface area (TPSA) is 84.5 Å². The van der Waals surface area contributed by atoms with Gasteiger partial charge in [-0.25, -0.2) is 13.1 Å². The Morgan fingerprint density at radius 3 is 2.58 bits per heavy atom. The van der Waals surface area contributed by atoms with E-state index in [1.807, 2.05) is 11.4 Å². The summed E-state index contributed by atoms with van der Waals surface area (Å²) in [5, 5.41) is 4.81. The molecule has 26 heavy (non-hydrogen) atoms. The lowest BCUT2D eigenvalue weighted by molar-refractivity contribution is -0.116. The molecule has 0 saturated carbocycles. The highest BCUT2D eigenvalue weighted by Crippen LogP contribution is 2.16. The maximum absolute atomic E-state index is 12.3. The van der Waals surface area contributed by atoms with E-state index in [9.17, 15) is 13.2 Å². The molecule has 2 rings (SSSR count). The lowest BCUT2D eigenvalue weighted by atomic mass is 10.2. The summed E-state index contributed by atoms with van der Waals surface area (Å²) in [4.78, 5) is 13.4. The Morgan fingerprint density at radius 1 is 1.23 bits per heavy atom. The second kappa shape index (κ2) is 9.82. The molecule has 2 aromatic rings. The van der Waals surface area contributed by atoms with Gasteiger partial charge in [0, 0.05) is 30.1 Å². The summed E-state index contributed by atoms with van der Waals surface area (Å²) < 4.78 is 32.0. The number of rotatable bonds is 10. The van der Waals surface area contributed by atoms with Gasteiger partial charge in [-0.15, -0.1) is 11.3 Å². The number of anilines is 1. The number of aryl methyl sites for hydroxylation is 1. The van der Waals surface area contributed by atoms with E-state index in [0.29, 0.717) is 18.7 Å². The van der Waals surface area contributed by atoms with Crippen molar-refractivity contribution in [1.82, 2.24) is 4.72 Å². The first-order valence-corrected chi connectivity index (χ1v) is 10.7. The van der Waals surface area contributed by atoms with Gasteiger partial charge in [-0.1, -0.05) is 6.07 Å². The number of benzene rings is 1. The van der Waals surface area contributed by atoms with E-state index in [1.54, 1.807) is 30.4 Å². The summed E-state index contributed by atoms with van der Waals surface area (Å²) in [5.41, 5.74) is 0.579. The standard InChI is InChI=1S/C18H24N2O4S2/c1-14(13-24-2)20-26(22,23)17-10-8-15(9-11-17)19-18(21)7-3-5-16-6-4-12-25-16/h4,6,8-12,14,20H,3,5,7,13H2,1-2H3,(H,19,21). The van der Waals surface area contributed by atoms with Gasteiger partial charge in [-0.05, 0) is 55.5 Å². The smallest absolute Gasteiger partial charge is 0.240 e. The van der Waals surface area contributed by atoms with E-state index in [1.165, 1.54) is 24.1 Å². The number of amides is 1. The van der Waals surface area contributed by atoms with Crippen LogP contribution in [0, 0.1) is 0 Å². The lowest BCUT2D eigenvalue weighted by Gasteiger charge is -2.13. The van der Waals surface area contributed by atoms with E-state index < -0.39 is 10.0 Å². The molecule has 2 N–H and O–H groups in total. The van der Waals surface area contributed by atoms with Crippen LogP contribution in [0.15, 0.2) is 46.7 Å². The van der Waals surface area contributed by atoms with Gasteiger partial charge in [0.15, 0.2) is 0 Å². The molecular weight excluding hydrogens is 372 g/mol. The van der Waals surface area contributed by atoms with E-state index >= 15 is 0 Å². The number of carbonyl (C=O) groups excluding carboxylic acids is 1. The first-order chi connectivity index (χ1) is 12.4. The number of nitrogens with one attached hydrogen (secondary N) is 2. The fraction of sp³-hybridized carbons (Fsp3) is 0.389. The second-order valence-corrected chi connectivity index (χ2v) is 8.73. The molecule has 0 aliphatic rings. The zero-order valence-corrected chi connectivity index (χ0v) is 16.5. The van der Waals surface area contributed by atoms with Crippen molar-refractivity contribution in [2.75, 3.05) is 19.0 Å². The van der Waals surface area contributed by atoms with E-state index in [4.69, 9.17) is 4.74 Å². The van der Waals surface area contributed by atoms with Crippen molar-refractivity contribution in [1.29, 1.82) is 0 Å². The second-order valence-electron chi connectivity index (χ2n) is 5.98. The largest absolute Gasteiger partial charge is 0.383 e. The fourth-order valence-electron chi connectivity index (χ4n) is 2.44. The summed E-state index contributed by atoms with van der Waals surface area (Å²) in [6.07, 6.45) is 2.09. The minimum Gasteiger partial charge on any atom is -0.383 e. The van der Waals surface area contributed by atoms with Crippen LogP contribution >= 0.6 is 11.3 Å². The maximum Gasteiger partial charge on any atom is 0.240 e. The number of thiophene rings is 1. The van der Waals surface area contributed by atoms with Gasteiger partial charge < -0.3 is 10.1 Å². The van der Waals surface area contributed by atoms with Gasteiger partial charge >= 0.3 is 0 Å². The van der Waals surface area contributed by atoms with Crippen molar-refractivity contribution < 1.29 is 17.9 Å². The molecule has 6 nitrogen and oxygen atoms in total. The van der Waals surface area contributed by atoms with Crippen molar-refractivity contribution in [3.05, 3.63) is 46.7 Å². The maximum atomic E-state index is 12.3. The van der Waals surface area contributed by atoms with Crippen molar-refractivity contribution in [2.45, 2.75) is 37.1 Å². The molecule has 0 aliphatic heterocycles. The number of sulfonamides is 1. The Labute approximate surface area is 158 Å². The number of ether oxygens (including phenoxy) is 1. The van der Waals surface area contributed by atoms with Crippen LogP contribution in [0.2, 0.25) is 0 Å². The molecule has 0 aliphatic carbocycles. The van der Waals surface area contributed by atoms with Gasteiger partial charge in [0.2, 0.25) is 15.9 Å². The molecule has 1 heterocycles. The van der Waals surface area contributed by atoms with Crippen molar-refractivity contribution in [3.63, 3.8) is 0 Å². The molecular formula is C18H24N2O4S2. The third-order valence-corrected chi connectivity index (χ3v) is 6.17. The number of carbonyl (C=O) groups is 1. The van der Waals surface area contributed by atoms with Crippen LogP contribution in [0.4, 0.5) is 5.69 Å². The van der Waals surface area contributed by atoms with Crippen LogP contribution in [0.5, 0.6) is 0 Å².